The molecule has 0 aliphatic heterocycles. The Morgan fingerprint density at radius 2 is 2.14 bits per heavy atom. The Labute approximate surface area is 120 Å². The number of carboxylic acids is 1. The largest absolute Gasteiger partial charge is 0.478 e. The zero-order valence-electron chi connectivity index (χ0n) is 11.2. The molecule has 0 saturated heterocycles. The van der Waals surface area contributed by atoms with E-state index in [9.17, 15) is 9.59 Å². The molecule has 0 fully saturated rings. The molecule has 2 aromatic rings. The van der Waals surface area contributed by atoms with Gasteiger partial charge in [0, 0.05) is 5.56 Å². The van der Waals surface area contributed by atoms with Gasteiger partial charge in [0.25, 0.3) is 5.91 Å². The predicted molar refractivity (Wildman–Crippen MR) is 72.7 cm³/mol. The lowest BCUT2D eigenvalue weighted by molar-refractivity contribution is 0.0694. The van der Waals surface area contributed by atoms with Crippen molar-refractivity contribution in [2.75, 3.05) is 0 Å². The van der Waals surface area contributed by atoms with E-state index in [1.54, 1.807) is 25.1 Å². The van der Waals surface area contributed by atoms with E-state index < -0.39 is 5.97 Å². The van der Waals surface area contributed by atoms with E-state index in [4.69, 9.17) is 14.8 Å². The summed E-state index contributed by atoms with van der Waals surface area (Å²) in [5.74, 6) is -0.790. The second kappa shape index (κ2) is 5.92. The third-order valence-corrected chi connectivity index (χ3v) is 2.88. The lowest BCUT2D eigenvalue weighted by atomic mass is 10.1. The average Bonchev–Trinajstić information content (AvgIpc) is 2.86. The van der Waals surface area contributed by atoms with E-state index in [1.807, 2.05) is 6.07 Å². The first-order chi connectivity index (χ1) is 10.0. The smallest absolute Gasteiger partial charge is 0.339 e. The summed E-state index contributed by atoms with van der Waals surface area (Å²) in [7, 11) is 0. The zero-order chi connectivity index (χ0) is 15.4. The number of amides is 1. The average molecular weight is 284 g/mol. The van der Waals surface area contributed by atoms with Gasteiger partial charge in [-0.3, -0.25) is 4.79 Å². The molecule has 2 N–H and O–H groups in total. The molecule has 0 aliphatic carbocycles. The fourth-order valence-electron chi connectivity index (χ4n) is 1.84. The molecule has 1 amide bonds. The second-order valence-corrected chi connectivity index (χ2v) is 4.36. The number of rotatable bonds is 4. The van der Waals surface area contributed by atoms with E-state index in [-0.39, 0.29) is 18.0 Å². The lowest BCUT2D eigenvalue weighted by Gasteiger charge is -2.03. The molecular formula is C15H12N2O4. The Kier molecular flexibility index (Phi) is 4.05. The number of nitrogens with zero attached hydrogens (tertiary/aromatic N) is 1. The summed E-state index contributed by atoms with van der Waals surface area (Å²) in [4.78, 5) is 22.8. The number of benzene rings is 1. The lowest BCUT2D eigenvalue weighted by Crippen LogP contribution is -2.22. The summed E-state index contributed by atoms with van der Waals surface area (Å²) in [6.45, 7) is 1.62. The Hall–Kier alpha value is -3.07. The molecule has 6 nitrogen and oxygen atoms in total. The van der Waals surface area contributed by atoms with Gasteiger partial charge in [-0.25, -0.2) is 4.79 Å². The van der Waals surface area contributed by atoms with Crippen LogP contribution in [0.4, 0.5) is 0 Å². The summed E-state index contributed by atoms with van der Waals surface area (Å²) >= 11 is 0. The highest BCUT2D eigenvalue weighted by molar-refractivity contribution is 5.94. The third-order valence-electron chi connectivity index (χ3n) is 2.88. The first-order valence-corrected chi connectivity index (χ1v) is 6.12. The molecule has 0 bridgehead atoms. The summed E-state index contributed by atoms with van der Waals surface area (Å²) in [5, 5.41) is 20.3. The fourth-order valence-corrected chi connectivity index (χ4v) is 1.84. The van der Waals surface area contributed by atoms with Gasteiger partial charge in [0.05, 0.1) is 18.2 Å². The third kappa shape index (κ3) is 3.28. The zero-order valence-corrected chi connectivity index (χ0v) is 11.2. The van der Waals surface area contributed by atoms with Crippen LogP contribution in [0.2, 0.25) is 0 Å². The van der Waals surface area contributed by atoms with Crippen molar-refractivity contribution in [3.8, 4) is 6.07 Å². The van der Waals surface area contributed by atoms with Crippen LogP contribution in [0.3, 0.4) is 0 Å². The van der Waals surface area contributed by atoms with E-state index in [0.717, 1.165) is 0 Å². The van der Waals surface area contributed by atoms with Gasteiger partial charge < -0.3 is 14.8 Å². The quantitative estimate of drug-likeness (QED) is 0.894. The van der Waals surface area contributed by atoms with Crippen LogP contribution in [-0.4, -0.2) is 17.0 Å². The van der Waals surface area contributed by atoms with Gasteiger partial charge >= 0.3 is 5.97 Å². The van der Waals surface area contributed by atoms with Crippen LogP contribution >= 0.6 is 0 Å². The molecule has 0 saturated carbocycles. The molecule has 1 heterocycles. The van der Waals surface area contributed by atoms with Crippen LogP contribution < -0.4 is 5.32 Å². The van der Waals surface area contributed by atoms with E-state index in [2.05, 4.69) is 5.32 Å². The minimum Gasteiger partial charge on any atom is -0.478 e. The van der Waals surface area contributed by atoms with Crippen molar-refractivity contribution >= 4 is 11.9 Å². The van der Waals surface area contributed by atoms with Crippen molar-refractivity contribution in [1.82, 2.24) is 5.32 Å². The Balaban J connectivity index is 2.06. The number of carbonyl (C=O) groups excluding carboxylic acids is 1. The molecule has 0 radical (unpaired) electrons. The van der Waals surface area contributed by atoms with Crippen molar-refractivity contribution < 1.29 is 19.1 Å². The van der Waals surface area contributed by atoms with E-state index in [0.29, 0.717) is 22.6 Å². The standard InChI is InChI=1S/C15H12N2O4/c1-9-13(15(19)20)6-12(21-9)8-17-14(18)11-4-2-3-10(5-11)7-16/h2-6H,8H2,1H3,(H,17,18)(H,19,20). The Bertz CT molecular complexity index is 740. The summed E-state index contributed by atoms with van der Waals surface area (Å²) in [6.07, 6.45) is 0. The SMILES string of the molecule is Cc1oc(CNC(=O)c2cccc(C#N)c2)cc1C(=O)O. The number of nitrogens with one attached hydrogen (secondary N) is 1. The van der Waals surface area contributed by atoms with Gasteiger partial charge in [0.2, 0.25) is 0 Å². The van der Waals surface area contributed by atoms with Crippen LogP contribution in [-0.2, 0) is 6.54 Å². The maximum absolute atomic E-state index is 11.9. The molecule has 0 spiro atoms. The second-order valence-electron chi connectivity index (χ2n) is 4.36. The molecule has 0 unspecified atom stereocenters. The fraction of sp³-hybridized carbons (Fsp3) is 0.133. The topological polar surface area (TPSA) is 103 Å². The summed E-state index contributed by atoms with van der Waals surface area (Å²) in [5.41, 5.74) is 0.825. The molecule has 106 valence electrons. The number of carboxylic acid groups (broad SMARTS) is 1. The van der Waals surface area contributed by atoms with E-state index >= 15 is 0 Å². The van der Waals surface area contributed by atoms with Crippen LogP contribution in [0.1, 0.15) is 37.8 Å². The van der Waals surface area contributed by atoms with Gasteiger partial charge in [-0.2, -0.15) is 5.26 Å². The van der Waals surface area contributed by atoms with Crippen molar-refractivity contribution in [1.29, 1.82) is 5.26 Å². The Morgan fingerprint density at radius 1 is 1.38 bits per heavy atom. The normalized spacial score (nSPS) is 9.90. The Morgan fingerprint density at radius 3 is 2.76 bits per heavy atom. The molecule has 2 rings (SSSR count). The van der Waals surface area contributed by atoms with Gasteiger partial charge in [0.15, 0.2) is 0 Å². The highest BCUT2D eigenvalue weighted by atomic mass is 16.4. The number of aromatic carboxylic acids is 1. The van der Waals surface area contributed by atoms with Gasteiger partial charge in [-0.1, -0.05) is 6.07 Å². The molecule has 6 heteroatoms. The molecule has 0 aliphatic rings. The summed E-state index contributed by atoms with van der Waals surface area (Å²) < 4.78 is 5.26. The minimum absolute atomic E-state index is 0.0731. The molecular weight excluding hydrogens is 272 g/mol. The predicted octanol–water partition coefficient (Wildman–Crippen LogP) is 2.09. The monoisotopic (exact) mass is 284 g/mol. The highest BCUT2D eigenvalue weighted by Crippen LogP contribution is 2.14. The van der Waals surface area contributed by atoms with Crippen molar-refractivity contribution in [3.63, 3.8) is 0 Å². The maximum Gasteiger partial charge on any atom is 0.339 e. The number of aryl methyl sites for hydroxylation is 1. The molecule has 0 atom stereocenters. The van der Waals surface area contributed by atoms with E-state index in [1.165, 1.54) is 12.1 Å². The number of hydrogen-bond donors (Lipinski definition) is 2. The molecule has 1 aromatic carbocycles. The maximum atomic E-state index is 11.9. The van der Waals surface area contributed by atoms with Crippen molar-refractivity contribution in [2.45, 2.75) is 13.5 Å². The van der Waals surface area contributed by atoms with Crippen LogP contribution in [0, 0.1) is 18.3 Å². The van der Waals surface area contributed by atoms with Crippen LogP contribution in [0.15, 0.2) is 34.7 Å². The molecule has 21 heavy (non-hydrogen) atoms. The number of furan rings is 1. The highest BCUT2D eigenvalue weighted by Gasteiger charge is 2.14. The number of nitriles is 1. The number of hydrogen-bond acceptors (Lipinski definition) is 4. The van der Waals surface area contributed by atoms with Crippen LogP contribution in [0.25, 0.3) is 0 Å². The summed E-state index contributed by atoms with van der Waals surface area (Å²) in [6, 6.07) is 9.62. The first kappa shape index (κ1) is 14.3. The van der Waals surface area contributed by atoms with Gasteiger partial charge in [-0.05, 0) is 31.2 Å². The van der Waals surface area contributed by atoms with Crippen LogP contribution in [0.5, 0.6) is 0 Å². The molecule has 1 aromatic heterocycles. The minimum atomic E-state index is -1.07. The van der Waals surface area contributed by atoms with Gasteiger partial charge in [0.1, 0.15) is 17.1 Å². The number of carbonyl (C=O) groups is 2. The van der Waals surface area contributed by atoms with Gasteiger partial charge in [-0.15, -0.1) is 0 Å². The van der Waals surface area contributed by atoms with Crippen molar-refractivity contribution in [3.05, 3.63) is 58.5 Å². The van der Waals surface area contributed by atoms with Crippen molar-refractivity contribution in [2.24, 2.45) is 0 Å². The first-order valence-electron chi connectivity index (χ1n) is 6.12.